The number of hydrogen-bond donors (Lipinski definition) is 2. The van der Waals surface area contributed by atoms with Gasteiger partial charge in [0.1, 0.15) is 11.9 Å². The summed E-state index contributed by atoms with van der Waals surface area (Å²) in [5.74, 6) is 0.869. The Balaban J connectivity index is 2.00. The number of hydrogen-bond acceptors (Lipinski definition) is 3. The zero-order valence-corrected chi connectivity index (χ0v) is 7.49. The third-order valence-corrected chi connectivity index (χ3v) is 2.18. The van der Waals surface area contributed by atoms with Crippen LogP contribution >= 0.6 is 0 Å². The van der Waals surface area contributed by atoms with Crippen molar-refractivity contribution in [3.8, 4) is 5.75 Å². The number of nitrogen functional groups attached to an aromatic ring is 1. The van der Waals surface area contributed by atoms with Gasteiger partial charge in [-0.05, 0) is 25.1 Å². The Morgan fingerprint density at radius 2 is 2.38 bits per heavy atom. The zero-order chi connectivity index (χ0) is 9.10. The van der Waals surface area contributed by atoms with E-state index in [0.717, 1.165) is 30.9 Å². The number of benzene rings is 1. The molecule has 1 aromatic rings. The average molecular weight is 178 g/mol. The highest BCUT2D eigenvalue weighted by molar-refractivity contribution is 5.43. The SMILES string of the molecule is Nc1cccc(OC2CCNC2)c1. The van der Waals surface area contributed by atoms with Crippen LogP contribution in [0.5, 0.6) is 5.75 Å². The normalized spacial score (nSPS) is 21.7. The largest absolute Gasteiger partial charge is 0.489 e. The number of anilines is 1. The van der Waals surface area contributed by atoms with Crippen LogP contribution in [0.15, 0.2) is 24.3 Å². The predicted molar refractivity (Wildman–Crippen MR) is 52.8 cm³/mol. The van der Waals surface area contributed by atoms with E-state index in [2.05, 4.69) is 5.32 Å². The molecule has 0 aromatic heterocycles. The van der Waals surface area contributed by atoms with Gasteiger partial charge in [-0.3, -0.25) is 0 Å². The lowest BCUT2D eigenvalue weighted by atomic mass is 10.3. The van der Waals surface area contributed by atoms with Crippen molar-refractivity contribution in [2.45, 2.75) is 12.5 Å². The van der Waals surface area contributed by atoms with E-state index in [1.165, 1.54) is 0 Å². The van der Waals surface area contributed by atoms with Gasteiger partial charge in [0, 0.05) is 18.3 Å². The molecule has 3 heteroatoms. The fourth-order valence-corrected chi connectivity index (χ4v) is 1.51. The lowest BCUT2D eigenvalue weighted by molar-refractivity contribution is 0.223. The summed E-state index contributed by atoms with van der Waals surface area (Å²) in [6, 6.07) is 7.57. The minimum Gasteiger partial charge on any atom is -0.489 e. The third kappa shape index (κ3) is 2.12. The van der Waals surface area contributed by atoms with Gasteiger partial charge in [0.2, 0.25) is 0 Å². The molecule has 0 bridgehead atoms. The number of rotatable bonds is 2. The van der Waals surface area contributed by atoms with E-state index < -0.39 is 0 Å². The van der Waals surface area contributed by atoms with Crippen LogP contribution in [0.1, 0.15) is 6.42 Å². The van der Waals surface area contributed by atoms with Crippen LogP contribution in [0.4, 0.5) is 5.69 Å². The summed E-state index contributed by atoms with van der Waals surface area (Å²) in [5, 5.41) is 3.25. The molecule has 13 heavy (non-hydrogen) atoms. The fourth-order valence-electron chi connectivity index (χ4n) is 1.51. The maximum Gasteiger partial charge on any atom is 0.121 e. The highest BCUT2D eigenvalue weighted by atomic mass is 16.5. The lowest BCUT2D eigenvalue weighted by Crippen LogP contribution is -2.19. The van der Waals surface area contributed by atoms with Gasteiger partial charge in [-0.2, -0.15) is 0 Å². The molecule has 2 rings (SSSR count). The van der Waals surface area contributed by atoms with Crippen LogP contribution in [0.2, 0.25) is 0 Å². The molecule has 1 fully saturated rings. The van der Waals surface area contributed by atoms with E-state index in [4.69, 9.17) is 10.5 Å². The third-order valence-electron chi connectivity index (χ3n) is 2.18. The van der Waals surface area contributed by atoms with E-state index in [9.17, 15) is 0 Å². The van der Waals surface area contributed by atoms with Crippen LogP contribution in [0.25, 0.3) is 0 Å². The summed E-state index contributed by atoms with van der Waals surface area (Å²) in [6.07, 6.45) is 1.39. The number of nitrogens with two attached hydrogens (primary N) is 1. The first-order valence-corrected chi connectivity index (χ1v) is 4.57. The molecule has 0 amide bonds. The zero-order valence-electron chi connectivity index (χ0n) is 7.49. The van der Waals surface area contributed by atoms with Crippen molar-refractivity contribution in [2.24, 2.45) is 0 Å². The maximum atomic E-state index is 5.71. The quantitative estimate of drug-likeness (QED) is 0.664. The van der Waals surface area contributed by atoms with Gasteiger partial charge in [0.15, 0.2) is 0 Å². The van der Waals surface area contributed by atoms with Crippen LogP contribution in [-0.2, 0) is 0 Å². The van der Waals surface area contributed by atoms with Gasteiger partial charge in [0.05, 0.1) is 0 Å². The van der Waals surface area contributed by atoms with Crippen molar-refractivity contribution in [2.75, 3.05) is 18.8 Å². The van der Waals surface area contributed by atoms with Crippen molar-refractivity contribution in [3.05, 3.63) is 24.3 Å². The summed E-state index contributed by atoms with van der Waals surface area (Å²) in [7, 11) is 0. The van der Waals surface area contributed by atoms with Crippen molar-refractivity contribution in [1.29, 1.82) is 0 Å². The summed E-state index contributed by atoms with van der Waals surface area (Å²) in [6.45, 7) is 1.99. The molecule has 70 valence electrons. The first kappa shape index (κ1) is 8.38. The fraction of sp³-hybridized carbons (Fsp3) is 0.400. The summed E-state index contributed by atoms with van der Waals surface area (Å²) >= 11 is 0. The van der Waals surface area contributed by atoms with E-state index in [-0.39, 0.29) is 0 Å². The Hall–Kier alpha value is -1.22. The summed E-state index contributed by atoms with van der Waals surface area (Å²) in [5.41, 5.74) is 6.39. The minimum atomic E-state index is 0.307. The second-order valence-electron chi connectivity index (χ2n) is 3.31. The summed E-state index contributed by atoms with van der Waals surface area (Å²) in [4.78, 5) is 0. The minimum absolute atomic E-state index is 0.307. The summed E-state index contributed by atoms with van der Waals surface area (Å²) < 4.78 is 5.71. The van der Waals surface area contributed by atoms with Crippen molar-refractivity contribution >= 4 is 5.69 Å². The Labute approximate surface area is 77.9 Å². The van der Waals surface area contributed by atoms with Gasteiger partial charge in [-0.15, -0.1) is 0 Å². The molecule has 3 N–H and O–H groups in total. The van der Waals surface area contributed by atoms with Crippen molar-refractivity contribution in [1.82, 2.24) is 5.32 Å². The topological polar surface area (TPSA) is 47.3 Å². The molecular formula is C10H14N2O. The van der Waals surface area contributed by atoms with Gasteiger partial charge < -0.3 is 15.8 Å². The lowest BCUT2D eigenvalue weighted by Gasteiger charge is -2.12. The van der Waals surface area contributed by atoms with Crippen molar-refractivity contribution < 1.29 is 4.74 Å². The molecule has 1 heterocycles. The molecule has 1 saturated heterocycles. The molecule has 0 aliphatic carbocycles. The maximum absolute atomic E-state index is 5.71. The molecule has 0 saturated carbocycles. The molecule has 1 unspecified atom stereocenters. The standard InChI is InChI=1S/C10H14N2O/c11-8-2-1-3-9(6-8)13-10-4-5-12-7-10/h1-3,6,10,12H,4-5,7,11H2. The molecule has 1 atom stereocenters. The molecular weight excluding hydrogens is 164 g/mol. The Bertz CT molecular complexity index is 282. The van der Waals surface area contributed by atoms with Crippen LogP contribution < -0.4 is 15.8 Å². The van der Waals surface area contributed by atoms with Crippen LogP contribution in [0.3, 0.4) is 0 Å². The molecule has 1 aliphatic heterocycles. The molecule has 0 spiro atoms. The van der Waals surface area contributed by atoms with E-state index in [1.807, 2.05) is 24.3 Å². The Morgan fingerprint density at radius 3 is 3.08 bits per heavy atom. The predicted octanol–water partition coefficient (Wildman–Crippen LogP) is 1.01. The second-order valence-corrected chi connectivity index (χ2v) is 3.31. The van der Waals surface area contributed by atoms with E-state index in [1.54, 1.807) is 0 Å². The highest BCUT2D eigenvalue weighted by Gasteiger charge is 2.15. The van der Waals surface area contributed by atoms with Crippen LogP contribution in [-0.4, -0.2) is 19.2 Å². The van der Waals surface area contributed by atoms with Gasteiger partial charge in [-0.25, -0.2) is 0 Å². The highest BCUT2D eigenvalue weighted by Crippen LogP contribution is 2.17. The Kier molecular flexibility index (Phi) is 2.36. The van der Waals surface area contributed by atoms with Gasteiger partial charge >= 0.3 is 0 Å². The van der Waals surface area contributed by atoms with Gasteiger partial charge in [0.25, 0.3) is 0 Å². The Morgan fingerprint density at radius 1 is 1.46 bits per heavy atom. The monoisotopic (exact) mass is 178 g/mol. The van der Waals surface area contributed by atoms with E-state index in [0.29, 0.717) is 6.10 Å². The second kappa shape index (κ2) is 3.66. The molecule has 1 aliphatic rings. The number of nitrogens with one attached hydrogen (secondary N) is 1. The average Bonchev–Trinajstić information content (AvgIpc) is 2.57. The molecule has 3 nitrogen and oxygen atoms in total. The van der Waals surface area contributed by atoms with Crippen LogP contribution in [0, 0.1) is 0 Å². The molecule has 1 aromatic carbocycles. The van der Waals surface area contributed by atoms with E-state index >= 15 is 0 Å². The molecule has 0 radical (unpaired) electrons. The van der Waals surface area contributed by atoms with Gasteiger partial charge in [-0.1, -0.05) is 6.07 Å². The smallest absolute Gasteiger partial charge is 0.121 e. The first-order chi connectivity index (χ1) is 6.34. The first-order valence-electron chi connectivity index (χ1n) is 4.57. The number of ether oxygens (including phenoxy) is 1. The van der Waals surface area contributed by atoms with Crippen molar-refractivity contribution in [3.63, 3.8) is 0 Å².